The molecule has 0 radical (unpaired) electrons. The van der Waals surface area contributed by atoms with Gasteiger partial charge in [-0.2, -0.15) is 0 Å². The first-order valence-corrected chi connectivity index (χ1v) is 9.67. The third-order valence-electron chi connectivity index (χ3n) is 4.60. The van der Waals surface area contributed by atoms with Crippen molar-refractivity contribution in [3.8, 4) is 0 Å². The van der Waals surface area contributed by atoms with Crippen LogP contribution < -0.4 is 10.6 Å². The van der Waals surface area contributed by atoms with E-state index in [-0.39, 0.29) is 41.6 Å². The van der Waals surface area contributed by atoms with Crippen molar-refractivity contribution < 1.29 is 27.9 Å². The number of rotatable bonds is 6. The maximum Gasteiger partial charge on any atom is 0.269 e. The molecular weight excluding hydrogens is 362 g/mol. The molecule has 0 aliphatic carbocycles. The predicted octanol–water partition coefficient (Wildman–Crippen LogP) is -1.21. The van der Waals surface area contributed by atoms with E-state index in [2.05, 4.69) is 10.6 Å². The second-order valence-corrected chi connectivity index (χ2v) is 8.11. The monoisotopic (exact) mass is 383 g/mol. The molecule has 1 saturated heterocycles. The fraction of sp³-hybridized carbons (Fsp3) is 0.500. The van der Waals surface area contributed by atoms with Crippen LogP contribution in [0.3, 0.4) is 0 Å². The van der Waals surface area contributed by atoms with E-state index in [1.807, 2.05) is 0 Å². The molecule has 2 aliphatic heterocycles. The SMILES string of the molecule is COCCN1C(=O)c2ccc(C(=O)NCC3CNCC3O)cc2S1(=O)=O. The molecule has 142 valence electrons. The van der Waals surface area contributed by atoms with Gasteiger partial charge >= 0.3 is 0 Å². The molecule has 1 aromatic rings. The zero-order valence-corrected chi connectivity index (χ0v) is 15.1. The van der Waals surface area contributed by atoms with Crippen LogP contribution in [-0.4, -0.2) is 75.6 Å². The van der Waals surface area contributed by atoms with E-state index < -0.39 is 27.9 Å². The maximum atomic E-state index is 12.6. The number of hydrogen-bond donors (Lipinski definition) is 3. The summed E-state index contributed by atoms with van der Waals surface area (Å²) in [6.45, 7) is 1.36. The number of sulfonamides is 1. The van der Waals surface area contributed by atoms with Gasteiger partial charge in [-0.1, -0.05) is 0 Å². The number of fused-ring (bicyclic) bond motifs is 1. The second kappa shape index (κ2) is 7.31. The summed E-state index contributed by atoms with van der Waals surface area (Å²) in [7, 11) is -2.57. The zero-order chi connectivity index (χ0) is 18.9. The average Bonchev–Trinajstić information content (AvgIpc) is 3.11. The summed E-state index contributed by atoms with van der Waals surface area (Å²) in [6.07, 6.45) is -0.525. The number of nitrogens with zero attached hydrogens (tertiary/aromatic N) is 1. The number of aliphatic hydroxyl groups is 1. The molecule has 1 aromatic carbocycles. The van der Waals surface area contributed by atoms with Gasteiger partial charge in [-0.05, 0) is 18.2 Å². The van der Waals surface area contributed by atoms with Crippen LogP contribution in [-0.2, 0) is 14.8 Å². The number of ether oxygens (including phenoxy) is 1. The number of methoxy groups -OCH3 is 1. The van der Waals surface area contributed by atoms with E-state index in [1.54, 1.807) is 0 Å². The van der Waals surface area contributed by atoms with Crippen molar-refractivity contribution in [2.45, 2.75) is 11.0 Å². The molecule has 2 amide bonds. The Morgan fingerprint density at radius 1 is 1.42 bits per heavy atom. The number of nitrogens with one attached hydrogen (secondary N) is 2. The summed E-state index contributed by atoms with van der Waals surface area (Å²) in [5.74, 6) is -1.17. The Morgan fingerprint density at radius 3 is 2.85 bits per heavy atom. The van der Waals surface area contributed by atoms with Gasteiger partial charge in [0.05, 0.1) is 24.8 Å². The molecule has 0 saturated carbocycles. The van der Waals surface area contributed by atoms with Gasteiger partial charge in [0.15, 0.2) is 0 Å². The summed E-state index contributed by atoms with van der Waals surface area (Å²) >= 11 is 0. The van der Waals surface area contributed by atoms with Crippen molar-refractivity contribution in [2.75, 3.05) is 39.9 Å². The minimum absolute atomic E-state index is 0.0491. The smallest absolute Gasteiger partial charge is 0.269 e. The van der Waals surface area contributed by atoms with E-state index in [0.29, 0.717) is 13.1 Å². The van der Waals surface area contributed by atoms with Crippen LogP contribution >= 0.6 is 0 Å². The average molecular weight is 383 g/mol. The van der Waals surface area contributed by atoms with E-state index in [1.165, 1.54) is 25.3 Å². The standard InChI is InChI=1S/C16H21N3O6S/c1-25-5-4-19-16(22)12-3-2-10(6-14(12)26(19,23)24)15(21)18-8-11-7-17-9-13(11)20/h2-3,6,11,13,17,20H,4-5,7-9H2,1H3,(H,18,21). The lowest BCUT2D eigenvalue weighted by Crippen LogP contribution is -2.34. The molecule has 10 heteroatoms. The van der Waals surface area contributed by atoms with Gasteiger partial charge in [0, 0.05) is 38.2 Å². The third kappa shape index (κ3) is 3.32. The van der Waals surface area contributed by atoms with Crippen LogP contribution in [0.5, 0.6) is 0 Å². The number of aliphatic hydroxyl groups excluding tert-OH is 1. The van der Waals surface area contributed by atoms with Gasteiger partial charge < -0.3 is 20.5 Å². The van der Waals surface area contributed by atoms with Crippen molar-refractivity contribution in [1.29, 1.82) is 0 Å². The topological polar surface area (TPSA) is 125 Å². The number of amides is 2. The van der Waals surface area contributed by atoms with Crippen molar-refractivity contribution in [3.63, 3.8) is 0 Å². The highest BCUT2D eigenvalue weighted by Gasteiger charge is 2.41. The lowest BCUT2D eigenvalue weighted by Gasteiger charge is -2.14. The first-order chi connectivity index (χ1) is 12.4. The van der Waals surface area contributed by atoms with E-state index in [4.69, 9.17) is 4.74 Å². The van der Waals surface area contributed by atoms with Crippen LogP contribution in [0.4, 0.5) is 0 Å². The highest BCUT2D eigenvalue weighted by molar-refractivity contribution is 7.90. The van der Waals surface area contributed by atoms with Crippen molar-refractivity contribution in [2.24, 2.45) is 5.92 Å². The Balaban J connectivity index is 1.77. The molecule has 0 bridgehead atoms. The van der Waals surface area contributed by atoms with Crippen LogP contribution in [0.25, 0.3) is 0 Å². The van der Waals surface area contributed by atoms with Crippen molar-refractivity contribution in [3.05, 3.63) is 29.3 Å². The quantitative estimate of drug-likeness (QED) is 0.563. The van der Waals surface area contributed by atoms with E-state index in [9.17, 15) is 23.1 Å². The van der Waals surface area contributed by atoms with Gasteiger partial charge in [0.2, 0.25) is 0 Å². The molecule has 0 aromatic heterocycles. The lowest BCUT2D eigenvalue weighted by molar-refractivity contribution is 0.0835. The van der Waals surface area contributed by atoms with Gasteiger partial charge in [0.1, 0.15) is 4.90 Å². The van der Waals surface area contributed by atoms with E-state index >= 15 is 0 Å². The number of β-amino-alcohol motifs (C(OH)–C–C–N with tert-alkyl or cyclic N) is 1. The molecule has 3 N–H and O–H groups in total. The van der Waals surface area contributed by atoms with Gasteiger partial charge in [-0.15, -0.1) is 0 Å². The molecule has 3 rings (SSSR count). The Bertz CT molecular complexity index is 825. The zero-order valence-electron chi connectivity index (χ0n) is 14.3. The fourth-order valence-corrected chi connectivity index (χ4v) is 4.64. The molecule has 2 unspecified atom stereocenters. The van der Waals surface area contributed by atoms with Gasteiger partial charge in [-0.3, -0.25) is 9.59 Å². The molecule has 9 nitrogen and oxygen atoms in total. The molecule has 1 fully saturated rings. The predicted molar refractivity (Wildman–Crippen MR) is 91.2 cm³/mol. The van der Waals surface area contributed by atoms with Crippen LogP contribution in [0, 0.1) is 5.92 Å². The summed E-state index contributed by atoms with van der Waals surface area (Å²) < 4.78 is 30.7. The second-order valence-electron chi connectivity index (χ2n) is 6.28. The number of carbonyl (C=O) groups excluding carboxylic acids is 2. The maximum absolute atomic E-state index is 12.6. The molecule has 26 heavy (non-hydrogen) atoms. The summed E-state index contributed by atoms with van der Waals surface area (Å²) in [5.41, 5.74) is 0.197. The van der Waals surface area contributed by atoms with Crippen molar-refractivity contribution in [1.82, 2.24) is 14.9 Å². The molecular formula is C16H21N3O6S. The summed E-state index contributed by atoms with van der Waals surface area (Å²) in [5, 5.41) is 15.5. The van der Waals surface area contributed by atoms with Crippen LogP contribution in [0.2, 0.25) is 0 Å². The normalized spacial score (nSPS) is 23.9. The summed E-state index contributed by atoms with van der Waals surface area (Å²) in [4.78, 5) is 24.4. The van der Waals surface area contributed by atoms with Gasteiger partial charge in [0.25, 0.3) is 21.8 Å². The largest absolute Gasteiger partial charge is 0.391 e. The minimum Gasteiger partial charge on any atom is -0.391 e. The number of hydrogen-bond acceptors (Lipinski definition) is 7. The first-order valence-electron chi connectivity index (χ1n) is 8.23. The first kappa shape index (κ1) is 18.8. The highest BCUT2D eigenvalue weighted by Crippen LogP contribution is 2.30. The Morgan fingerprint density at radius 2 is 2.19 bits per heavy atom. The lowest BCUT2D eigenvalue weighted by atomic mass is 10.1. The molecule has 2 heterocycles. The Hall–Kier alpha value is -2.01. The Kier molecular flexibility index (Phi) is 5.28. The highest BCUT2D eigenvalue weighted by atomic mass is 32.2. The third-order valence-corrected chi connectivity index (χ3v) is 6.42. The number of benzene rings is 1. The van der Waals surface area contributed by atoms with Crippen molar-refractivity contribution >= 4 is 21.8 Å². The molecule has 2 aliphatic rings. The fourth-order valence-electron chi connectivity index (χ4n) is 3.07. The molecule has 2 atom stereocenters. The Labute approximate surface area is 151 Å². The van der Waals surface area contributed by atoms with Crippen LogP contribution in [0.15, 0.2) is 23.1 Å². The minimum atomic E-state index is -3.99. The van der Waals surface area contributed by atoms with Crippen LogP contribution in [0.1, 0.15) is 20.7 Å². The molecule has 0 spiro atoms. The van der Waals surface area contributed by atoms with Gasteiger partial charge in [-0.25, -0.2) is 12.7 Å². The number of carbonyl (C=O) groups is 2. The summed E-state index contributed by atoms with van der Waals surface area (Å²) in [6, 6.07) is 3.99. The van der Waals surface area contributed by atoms with E-state index in [0.717, 1.165) is 4.31 Å².